The molecular formula is C15H27NO4. The van der Waals surface area contributed by atoms with E-state index in [1.165, 1.54) is 5.56 Å². The number of rotatable bonds is 12. The normalized spacial score (nSPS) is 11.2. The van der Waals surface area contributed by atoms with Crippen LogP contribution in [0.3, 0.4) is 0 Å². The van der Waals surface area contributed by atoms with Crippen LogP contribution in [0.2, 0.25) is 0 Å². The maximum absolute atomic E-state index is 5.73. The number of ether oxygens (including phenoxy) is 3. The van der Waals surface area contributed by atoms with Crippen molar-refractivity contribution >= 4 is 0 Å². The van der Waals surface area contributed by atoms with E-state index in [0.717, 1.165) is 37.6 Å². The third-order valence-electron chi connectivity index (χ3n) is 2.86. The summed E-state index contributed by atoms with van der Waals surface area (Å²) in [5, 5.41) is 3.25. The van der Waals surface area contributed by atoms with Gasteiger partial charge in [0.05, 0.1) is 19.8 Å². The van der Waals surface area contributed by atoms with Crippen molar-refractivity contribution in [2.24, 2.45) is 0 Å². The number of methoxy groups -OCH3 is 1. The standard InChI is InChI=1S/C15H27NO4/c1-4-16-11-15-13(2)10-14(20-15)12-19-9-8-18-7-5-6-17-3/h10,16H,4-9,11-12H2,1-3H3. The first-order valence-corrected chi connectivity index (χ1v) is 7.21. The van der Waals surface area contributed by atoms with Gasteiger partial charge in [-0.1, -0.05) is 6.92 Å². The second-order valence-electron chi connectivity index (χ2n) is 4.61. The molecule has 20 heavy (non-hydrogen) atoms. The summed E-state index contributed by atoms with van der Waals surface area (Å²) in [4.78, 5) is 0. The van der Waals surface area contributed by atoms with Crippen LogP contribution in [0.25, 0.3) is 0 Å². The second kappa shape index (κ2) is 10.9. The molecule has 116 valence electrons. The van der Waals surface area contributed by atoms with Crippen LogP contribution in [-0.2, 0) is 27.4 Å². The van der Waals surface area contributed by atoms with Crippen LogP contribution in [0, 0.1) is 6.92 Å². The monoisotopic (exact) mass is 285 g/mol. The highest BCUT2D eigenvalue weighted by Gasteiger charge is 2.06. The average Bonchev–Trinajstić information content (AvgIpc) is 2.80. The Kier molecular flexibility index (Phi) is 9.32. The summed E-state index contributed by atoms with van der Waals surface area (Å²) in [6, 6.07) is 2.03. The first-order valence-electron chi connectivity index (χ1n) is 7.21. The van der Waals surface area contributed by atoms with Gasteiger partial charge in [0, 0.05) is 20.3 Å². The van der Waals surface area contributed by atoms with Crippen molar-refractivity contribution in [2.45, 2.75) is 33.4 Å². The minimum Gasteiger partial charge on any atom is -0.462 e. The molecule has 0 unspecified atom stereocenters. The third-order valence-corrected chi connectivity index (χ3v) is 2.86. The summed E-state index contributed by atoms with van der Waals surface area (Å²) < 4.78 is 21.6. The summed E-state index contributed by atoms with van der Waals surface area (Å²) in [7, 11) is 1.69. The van der Waals surface area contributed by atoms with E-state index in [2.05, 4.69) is 19.2 Å². The van der Waals surface area contributed by atoms with Crippen molar-refractivity contribution < 1.29 is 18.6 Å². The molecule has 0 aliphatic rings. The van der Waals surface area contributed by atoms with Gasteiger partial charge in [-0.05, 0) is 31.5 Å². The van der Waals surface area contributed by atoms with Crippen molar-refractivity contribution in [3.63, 3.8) is 0 Å². The first kappa shape index (κ1) is 17.2. The lowest BCUT2D eigenvalue weighted by atomic mass is 10.2. The SMILES string of the molecule is CCNCc1oc(COCCOCCCOC)cc1C. The van der Waals surface area contributed by atoms with Gasteiger partial charge in [0.15, 0.2) is 0 Å². The summed E-state index contributed by atoms with van der Waals surface area (Å²) in [5.41, 5.74) is 1.17. The Labute approximate surface area is 121 Å². The zero-order chi connectivity index (χ0) is 14.6. The Bertz CT molecular complexity index is 352. The number of hydrogen-bond acceptors (Lipinski definition) is 5. The Morgan fingerprint density at radius 1 is 1.15 bits per heavy atom. The lowest BCUT2D eigenvalue weighted by Gasteiger charge is -2.04. The zero-order valence-corrected chi connectivity index (χ0v) is 12.9. The van der Waals surface area contributed by atoms with E-state index < -0.39 is 0 Å². The molecule has 0 amide bonds. The molecular weight excluding hydrogens is 258 g/mol. The lowest BCUT2D eigenvalue weighted by Crippen LogP contribution is -2.11. The molecule has 0 aliphatic heterocycles. The molecule has 1 aromatic rings. The van der Waals surface area contributed by atoms with E-state index in [1.807, 2.05) is 6.07 Å². The molecule has 0 fully saturated rings. The maximum Gasteiger partial charge on any atom is 0.130 e. The van der Waals surface area contributed by atoms with Gasteiger partial charge < -0.3 is 23.9 Å². The van der Waals surface area contributed by atoms with Gasteiger partial charge in [0.1, 0.15) is 18.1 Å². The van der Waals surface area contributed by atoms with Gasteiger partial charge >= 0.3 is 0 Å². The number of aryl methyl sites for hydroxylation is 1. The minimum atomic E-state index is 0.494. The summed E-state index contributed by atoms with van der Waals surface area (Å²) in [6.07, 6.45) is 0.918. The Balaban J connectivity index is 2.09. The molecule has 0 spiro atoms. The van der Waals surface area contributed by atoms with Crippen LogP contribution in [0.5, 0.6) is 0 Å². The molecule has 1 heterocycles. The third kappa shape index (κ3) is 7.05. The molecule has 0 aliphatic carbocycles. The largest absolute Gasteiger partial charge is 0.462 e. The van der Waals surface area contributed by atoms with Crippen molar-refractivity contribution in [1.29, 1.82) is 0 Å². The van der Waals surface area contributed by atoms with Crippen molar-refractivity contribution in [3.05, 3.63) is 23.2 Å². The number of furan rings is 1. The molecule has 0 bridgehead atoms. The van der Waals surface area contributed by atoms with Gasteiger partial charge in [-0.3, -0.25) is 0 Å². The fourth-order valence-electron chi connectivity index (χ4n) is 1.77. The molecule has 0 saturated carbocycles. The van der Waals surface area contributed by atoms with Gasteiger partial charge in [-0.25, -0.2) is 0 Å². The zero-order valence-electron chi connectivity index (χ0n) is 12.9. The van der Waals surface area contributed by atoms with Crippen LogP contribution < -0.4 is 5.32 Å². The smallest absolute Gasteiger partial charge is 0.130 e. The number of nitrogens with one attached hydrogen (secondary N) is 1. The van der Waals surface area contributed by atoms with Crippen molar-refractivity contribution in [2.75, 3.05) is 40.1 Å². The van der Waals surface area contributed by atoms with E-state index in [9.17, 15) is 0 Å². The van der Waals surface area contributed by atoms with Gasteiger partial charge in [0.2, 0.25) is 0 Å². The highest BCUT2D eigenvalue weighted by molar-refractivity contribution is 5.19. The van der Waals surface area contributed by atoms with Gasteiger partial charge in [-0.15, -0.1) is 0 Å². The highest BCUT2D eigenvalue weighted by atomic mass is 16.5. The Morgan fingerprint density at radius 3 is 2.70 bits per heavy atom. The Morgan fingerprint density at radius 2 is 1.95 bits per heavy atom. The predicted octanol–water partition coefficient (Wildman–Crippen LogP) is 2.27. The molecule has 0 aromatic carbocycles. The van der Waals surface area contributed by atoms with Crippen LogP contribution in [-0.4, -0.2) is 40.1 Å². The van der Waals surface area contributed by atoms with E-state index in [1.54, 1.807) is 7.11 Å². The first-order chi connectivity index (χ1) is 9.77. The fourth-order valence-corrected chi connectivity index (χ4v) is 1.77. The molecule has 5 heteroatoms. The van der Waals surface area contributed by atoms with Gasteiger partial charge in [0.25, 0.3) is 0 Å². The van der Waals surface area contributed by atoms with Crippen LogP contribution >= 0.6 is 0 Å². The summed E-state index contributed by atoms with van der Waals surface area (Å²) in [6.45, 7) is 8.97. The predicted molar refractivity (Wildman–Crippen MR) is 77.8 cm³/mol. The molecule has 1 N–H and O–H groups in total. The summed E-state index contributed by atoms with van der Waals surface area (Å²) >= 11 is 0. The topological polar surface area (TPSA) is 52.9 Å². The van der Waals surface area contributed by atoms with E-state index >= 15 is 0 Å². The van der Waals surface area contributed by atoms with E-state index in [0.29, 0.717) is 26.4 Å². The minimum absolute atomic E-state index is 0.494. The van der Waals surface area contributed by atoms with Crippen LogP contribution in [0.4, 0.5) is 0 Å². The van der Waals surface area contributed by atoms with Gasteiger partial charge in [-0.2, -0.15) is 0 Å². The maximum atomic E-state index is 5.73. The molecule has 0 radical (unpaired) electrons. The fraction of sp³-hybridized carbons (Fsp3) is 0.733. The van der Waals surface area contributed by atoms with E-state index in [-0.39, 0.29) is 0 Å². The van der Waals surface area contributed by atoms with Crippen LogP contribution in [0.1, 0.15) is 30.4 Å². The molecule has 5 nitrogen and oxygen atoms in total. The molecule has 1 rings (SSSR count). The van der Waals surface area contributed by atoms with Crippen molar-refractivity contribution in [3.8, 4) is 0 Å². The molecule has 1 aromatic heterocycles. The lowest BCUT2D eigenvalue weighted by molar-refractivity contribution is 0.0284. The quantitative estimate of drug-likeness (QED) is 0.597. The number of hydrogen-bond donors (Lipinski definition) is 1. The highest BCUT2D eigenvalue weighted by Crippen LogP contribution is 2.15. The Hall–Kier alpha value is -0.880. The van der Waals surface area contributed by atoms with Crippen molar-refractivity contribution in [1.82, 2.24) is 5.32 Å². The average molecular weight is 285 g/mol. The van der Waals surface area contributed by atoms with Crippen LogP contribution in [0.15, 0.2) is 10.5 Å². The summed E-state index contributed by atoms with van der Waals surface area (Å²) in [5.74, 6) is 1.86. The molecule has 0 saturated heterocycles. The second-order valence-corrected chi connectivity index (χ2v) is 4.61. The van der Waals surface area contributed by atoms with E-state index in [4.69, 9.17) is 18.6 Å². The molecule has 0 atom stereocenters.